The van der Waals surface area contributed by atoms with Crippen LogP contribution in [0.25, 0.3) is 0 Å². The van der Waals surface area contributed by atoms with E-state index in [4.69, 9.17) is 10.2 Å². The smallest absolute Gasteiger partial charge is 0.326 e. The van der Waals surface area contributed by atoms with Crippen molar-refractivity contribution in [2.24, 2.45) is 0 Å². The molecule has 1 atom stereocenters. The lowest BCUT2D eigenvalue weighted by Crippen LogP contribution is -2.42. The van der Waals surface area contributed by atoms with Crippen LogP contribution in [0.2, 0.25) is 0 Å². The molecule has 0 bridgehead atoms. The van der Waals surface area contributed by atoms with Gasteiger partial charge in [-0.2, -0.15) is 0 Å². The van der Waals surface area contributed by atoms with Crippen molar-refractivity contribution >= 4 is 23.5 Å². The van der Waals surface area contributed by atoms with Gasteiger partial charge in [0.25, 0.3) is 11.6 Å². The van der Waals surface area contributed by atoms with Crippen LogP contribution in [0.15, 0.2) is 12.3 Å². The van der Waals surface area contributed by atoms with Crippen molar-refractivity contribution in [1.29, 1.82) is 0 Å². The fraction of sp³-hybridized carbons (Fsp3) is 0.364. The fourth-order valence-corrected chi connectivity index (χ4v) is 1.65. The molecule has 0 aliphatic carbocycles. The van der Waals surface area contributed by atoms with Gasteiger partial charge in [-0.25, -0.2) is 4.79 Å². The summed E-state index contributed by atoms with van der Waals surface area (Å²) in [5.41, 5.74) is -0.423. The highest BCUT2D eigenvalue weighted by atomic mass is 16.6. The number of carboxylic acids is 2. The number of aryl methyl sites for hydroxylation is 1. The van der Waals surface area contributed by atoms with Gasteiger partial charge in [-0.1, -0.05) is 0 Å². The molecule has 114 valence electrons. The van der Waals surface area contributed by atoms with Gasteiger partial charge in [0.2, 0.25) is 0 Å². The molecule has 0 aliphatic rings. The van der Waals surface area contributed by atoms with Gasteiger partial charge in [-0.3, -0.25) is 19.7 Å². The first-order chi connectivity index (χ1) is 9.76. The molecule has 0 saturated carbocycles. The lowest BCUT2D eigenvalue weighted by atomic mass is 10.2. The standard InChI is InChI=1S/C11H13N3O7/c1-2-13-5-6(14(20)21)3-8(13)10(17)12-7(11(18)19)4-9(15)16/h3,5,7H,2,4H2,1H3,(H,12,17)(H,15,16)(H,18,19). The quantitative estimate of drug-likeness (QED) is 0.476. The summed E-state index contributed by atoms with van der Waals surface area (Å²) in [6.45, 7) is 1.90. The lowest BCUT2D eigenvalue weighted by molar-refractivity contribution is -0.384. The Kier molecular flexibility index (Phi) is 5.00. The number of amides is 1. The SMILES string of the molecule is CCn1cc([N+](=O)[O-])cc1C(=O)NC(CC(=O)O)C(=O)O. The predicted octanol–water partition coefficient (Wildman–Crippen LogP) is 0.0739. The maximum atomic E-state index is 11.9. The van der Waals surface area contributed by atoms with Gasteiger partial charge in [0.1, 0.15) is 11.7 Å². The van der Waals surface area contributed by atoms with Crippen LogP contribution < -0.4 is 5.32 Å². The third-order valence-electron chi connectivity index (χ3n) is 2.65. The van der Waals surface area contributed by atoms with E-state index < -0.39 is 35.2 Å². The van der Waals surface area contributed by atoms with E-state index in [1.165, 1.54) is 4.57 Å². The molecule has 1 unspecified atom stereocenters. The van der Waals surface area contributed by atoms with Crippen molar-refractivity contribution in [3.05, 3.63) is 28.1 Å². The average Bonchev–Trinajstić information content (AvgIpc) is 2.81. The highest BCUT2D eigenvalue weighted by molar-refractivity contribution is 5.96. The molecule has 1 heterocycles. The summed E-state index contributed by atoms with van der Waals surface area (Å²) < 4.78 is 1.27. The summed E-state index contributed by atoms with van der Waals surface area (Å²) in [6.07, 6.45) is 0.345. The van der Waals surface area contributed by atoms with Crippen LogP contribution in [0.1, 0.15) is 23.8 Å². The lowest BCUT2D eigenvalue weighted by Gasteiger charge is -2.13. The van der Waals surface area contributed by atoms with E-state index in [-0.39, 0.29) is 17.9 Å². The van der Waals surface area contributed by atoms with Crippen LogP contribution in [0, 0.1) is 10.1 Å². The largest absolute Gasteiger partial charge is 0.481 e. The van der Waals surface area contributed by atoms with Gasteiger partial charge < -0.3 is 20.1 Å². The van der Waals surface area contributed by atoms with Crippen molar-refractivity contribution < 1.29 is 29.5 Å². The predicted molar refractivity (Wildman–Crippen MR) is 67.9 cm³/mol. The second-order valence-corrected chi connectivity index (χ2v) is 4.09. The Hall–Kier alpha value is -2.91. The fourth-order valence-electron chi connectivity index (χ4n) is 1.65. The number of nitrogens with one attached hydrogen (secondary N) is 1. The molecule has 1 aromatic heterocycles. The van der Waals surface area contributed by atoms with Gasteiger partial charge in [0, 0.05) is 12.6 Å². The maximum absolute atomic E-state index is 11.9. The van der Waals surface area contributed by atoms with Crippen molar-refractivity contribution in [2.45, 2.75) is 25.9 Å². The summed E-state index contributed by atoms with van der Waals surface area (Å²) >= 11 is 0. The van der Waals surface area contributed by atoms with Crippen LogP contribution >= 0.6 is 0 Å². The Morgan fingerprint density at radius 3 is 2.48 bits per heavy atom. The Labute approximate surface area is 118 Å². The Morgan fingerprint density at radius 1 is 1.43 bits per heavy atom. The average molecular weight is 299 g/mol. The number of hydrogen-bond donors (Lipinski definition) is 3. The van der Waals surface area contributed by atoms with Gasteiger partial charge in [0.05, 0.1) is 17.5 Å². The first kappa shape index (κ1) is 16.1. The van der Waals surface area contributed by atoms with E-state index in [1.54, 1.807) is 6.92 Å². The number of rotatable bonds is 7. The van der Waals surface area contributed by atoms with Crippen LogP contribution in [0.3, 0.4) is 0 Å². The van der Waals surface area contributed by atoms with Crippen molar-refractivity contribution in [2.75, 3.05) is 0 Å². The molecule has 10 heteroatoms. The van der Waals surface area contributed by atoms with Crippen LogP contribution in [-0.4, -0.2) is 43.6 Å². The minimum Gasteiger partial charge on any atom is -0.481 e. The first-order valence-electron chi connectivity index (χ1n) is 5.86. The Balaban J connectivity index is 2.99. The molecule has 0 aliphatic heterocycles. The van der Waals surface area contributed by atoms with Gasteiger partial charge in [-0.05, 0) is 6.92 Å². The Morgan fingerprint density at radius 2 is 2.05 bits per heavy atom. The summed E-state index contributed by atoms with van der Waals surface area (Å²) in [7, 11) is 0. The summed E-state index contributed by atoms with van der Waals surface area (Å²) in [6, 6.07) is -0.618. The molecule has 0 spiro atoms. The van der Waals surface area contributed by atoms with E-state index >= 15 is 0 Å². The monoisotopic (exact) mass is 299 g/mol. The maximum Gasteiger partial charge on any atom is 0.326 e. The Bertz CT molecular complexity index is 593. The molecule has 0 radical (unpaired) electrons. The van der Waals surface area contributed by atoms with E-state index in [1.807, 2.05) is 5.32 Å². The molecule has 1 aromatic rings. The first-order valence-corrected chi connectivity index (χ1v) is 5.86. The topological polar surface area (TPSA) is 152 Å². The molecule has 3 N–H and O–H groups in total. The zero-order valence-corrected chi connectivity index (χ0v) is 11.0. The number of carbonyl (C=O) groups excluding carboxylic acids is 1. The van der Waals surface area contributed by atoms with Crippen molar-refractivity contribution in [1.82, 2.24) is 9.88 Å². The molecule has 1 amide bonds. The molecule has 10 nitrogen and oxygen atoms in total. The molecular weight excluding hydrogens is 286 g/mol. The van der Waals surface area contributed by atoms with Crippen LogP contribution in [-0.2, 0) is 16.1 Å². The zero-order chi connectivity index (χ0) is 16.2. The number of aliphatic carboxylic acids is 2. The van der Waals surface area contributed by atoms with E-state index in [0.29, 0.717) is 0 Å². The van der Waals surface area contributed by atoms with Crippen molar-refractivity contribution in [3.8, 4) is 0 Å². The third-order valence-corrected chi connectivity index (χ3v) is 2.65. The molecule has 21 heavy (non-hydrogen) atoms. The summed E-state index contributed by atoms with van der Waals surface area (Å²) in [4.78, 5) is 43.3. The van der Waals surface area contributed by atoms with Crippen molar-refractivity contribution in [3.63, 3.8) is 0 Å². The molecular formula is C11H13N3O7. The number of nitrogens with zero attached hydrogens (tertiary/aromatic N) is 2. The number of hydrogen-bond acceptors (Lipinski definition) is 5. The van der Waals surface area contributed by atoms with Crippen LogP contribution in [0.4, 0.5) is 5.69 Å². The van der Waals surface area contributed by atoms with E-state index in [9.17, 15) is 24.5 Å². The second-order valence-electron chi connectivity index (χ2n) is 4.09. The highest BCUT2D eigenvalue weighted by Gasteiger charge is 2.26. The molecule has 0 aromatic carbocycles. The third kappa shape index (κ3) is 4.03. The van der Waals surface area contributed by atoms with Gasteiger partial charge in [0.15, 0.2) is 0 Å². The minimum absolute atomic E-state index is 0.110. The number of nitro groups is 1. The highest BCUT2D eigenvalue weighted by Crippen LogP contribution is 2.16. The molecule has 0 saturated heterocycles. The minimum atomic E-state index is -1.62. The van der Waals surface area contributed by atoms with Gasteiger partial charge >= 0.3 is 11.9 Å². The summed E-state index contributed by atoms with van der Waals surface area (Å²) in [5.74, 6) is -3.78. The van der Waals surface area contributed by atoms with Gasteiger partial charge in [-0.15, -0.1) is 0 Å². The summed E-state index contributed by atoms with van der Waals surface area (Å²) in [5, 5.41) is 30.1. The number of carbonyl (C=O) groups is 3. The molecule has 0 fully saturated rings. The normalized spacial score (nSPS) is 11.7. The number of carboxylic acid groups (broad SMARTS) is 2. The van der Waals surface area contributed by atoms with Crippen LogP contribution in [0.5, 0.6) is 0 Å². The second kappa shape index (κ2) is 6.50. The van der Waals surface area contributed by atoms with E-state index in [0.717, 1.165) is 12.3 Å². The van der Waals surface area contributed by atoms with E-state index in [2.05, 4.69) is 0 Å². The zero-order valence-electron chi connectivity index (χ0n) is 11.0. The number of aromatic nitrogens is 1. The molecule has 1 rings (SSSR count).